The number of hydrogen-bond donors (Lipinski definition) is 0. The number of aryl methyl sites for hydroxylation is 1. The van der Waals surface area contributed by atoms with E-state index in [0.717, 1.165) is 113 Å². The van der Waals surface area contributed by atoms with Gasteiger partial charge in [0.25, 0.3) is 0 Å². The molecule has 0 radical (unpaired) electrons. The van der Waals surface area contributed by atoms with Gasteiger partial charge in [0.2, 0.25) is 11.9 Å². The maximum Gasteiger partial charge on any atom is 0.235 e. The van der Waals surface area contributed by atoms with Gasteiger partial charge >= 0.3 is 0 Å². The number of aromatic nitrogens is 12. The Morgan fingerprint density at radius 2 is 0.630 bits per heavy atom. The number of thiophene rings is 1. The molecule has 0 spiro atoms. The van der Waals surface area contributed by atoms with Crippen LogP contribution in [-0.4, -0.2) is 57.7 Å². The molecule has 21 aromatic carbocycles. The van der Waals surface area contributed by atoms with E-state index in [2.05, 4.69) is 441 Å². The van der Waals surface area contributed by atoms with Crippen molar-refractivity contribution in [1.82, 2.24) is 57.7 Å². The quantitative estimate of drug-likeness (QED) is 0.127. The number of allylic oxidation sites excluding steroid dienone is 1. The van der Waals surface area contributed by atoms with Gasteiger partial charge in [-0.1, -0.05) is 364 Å². The lowest BCUT2D eigenvalue weighted by molar-refractivity contribution is 0.992. The lowest BCUT2D eigenvalue weighted by Crippen LogP contribution is -2.04. The molecule has 13 heteroatoms. The Labute approximate surface area is 841 Å². The third-order valence-electron chi connectivity index (χ3n) is 29.3. The molecule has 0 saturated carbocycles. The van der Waals surface area contributed by atoms with Crippen molar-refractivity contribution in [3.8, 4) is 96.8 Å². The highest BCUT2D eigenvalue weighted by Crippen LogP contribution is 2.51. The molecule has 0 N–H and O–H groups in total. The first-order chi connectivity index (χ1) is 72.5. The minimum absolute atomic E-state index is 0.648. The summed E-state index contributed by atoms with van der Waals surface area (Å²) < 4.78 is 14.3. The van der Waals surface area contributed by atoms with Gasteiger partial charge < -0.3 is 13.7 Å². The zero-order valence-corrected chi connectivity index (χ0v) is 79.7. The molecule has 0 fully saturated rings. The number of fused-ring (bicyclic) bond motifs is 28. The summed E-state index contributed by atoms with van der Waals surface area (Å²) in [5, 5.41) is 21.9. The molecule has 12 nitrogen and oxygen atoms in total. The summed E-state index contributed by atoms with van der Waals surface area (Å²) in [7, 11) is 0. The lowest BCUT2D eigenvalue weighted by Gasteiger charge is -2.14. The van der Waals surface area contributed by atoms with Crippen molar-refractivity contribution in [2.45, 2.75) is 12.8 Å². The normalized spacial score (nSPS) is 12.2. The molecule has 0 unspecified atom stereocenters. The number of rotatable bonds is 11. The average molecular weight is 1880 g/mol. The van der Waals surface area contributed by atoms with Crippen LogP contribution in [-0.2, 0) is 6.42 Å². The SMILES string of the molecule is C1=Cc2ccc3c(c2CC1)c1cc(-c2ccc4c(c2)c2ccccc2n4-c2ccccc2)ccc1n3-c1nc(-c2ccccc2)c2ccccc2n1.c1ccc(-c2nc(-c3ccccc3)nc(-c3cccc4cc(-n5c6ccccc6c6c7c8ccccc8n(-c8ccccc8)c7ccc65)ccc34)n2)cc1.c1ccc(-c2nc(-n3c4ccccc4c4c5ccccc5c5c6ccccc6sc5c43)nc3ccccc23)cc1. The van der Waals surface area contributed by atoms with Crippen molar-refractivity contribution in [2.75, 3.05) is 0 Å². The van der Waals surface area contributed by atoms with Crippen LogP contribution in [0.5, 0.6) is 0 Å². The first-order valence-electron chi connectivity index (χ1n) is 49.6. The van der Waals surface area contributed by atoms with Crippen molar-refractivity contribution >= 4 is 190 Å². The van der Waals surface area contributed by atoms with Crippen LogP contribution in [0.4, 0.5) is 0 Å². The van der Waals surface area contributed by atoms with Crippen LogP contribution in [0.2, 0.25) is 0 Å². The zero-order valence-electron chi connectivity index (χ0n) is 78.9. The van der Waals surface area contributed by atoms with Gasteiger partial charge in [0, 0.05) is 125 Å². The molecule has 0 bridgehead atoms. The first kappa shape index (κ1) is 83.7. The molecular formula is C133H84N12S. The molecule has 9 aromatic heterocycles. The molecule has 0 aliphatic heterocycles. The Balaban J connectivity index is 0.000000105. The van der Waals surface area contributed by atoms with Gasteiger partial charge in [0.05, 0.1) is 82.3 Å². The highest BCUT2D eigenvalue weighted by molar-refractivity contribution is 7.27. The van der Waals surface area contributed by atoms with Gasteiger partial charge in [-0.2, -0.15) is 0 Å². The molecule has 0 saturated heterocycles. The summed E-state index contributed by atoms with van der Waals surface area (Å²) in [5.41, 5.74) is 29.0. The molecule has 30 aromatic rings. The smallest absolute Gasteiger partial charge is 0.235 e. The van der Waals surface area contributed by atoms with Crippen molar-refractivity contribution in [2.24, 2.45) is 0 Å². The molecule has 682 valence electrons. The van der Waals surface area contributed by atoms with Crippen LogP contribution in [0.1, 0.15) is 17.5 Å². The van der Waals surface area contributed by atoms with Gasteiger partial charge in [0.15, 0.2) is 17.5 Å². The Bertz CT molecular complexity index is 10500. The van der Waals surface area contributed by atoms with Gasteiger partial charge in [-0.25, -0.2) is 34.9 Å². The van der Waals surface area contributed by atoms with Gasteiger partial charge in [-0.15, -0.1) is 11.3 Å². The van der Waals surface area contributed by atoms with E-state index in [1.807, 2.05) is 78.1 Å². The minimum Gasteiger partial charge on any atom is -0.309 e. The Hall–Kier alpha value is -19.2. The van der Waals surface area contributed by atoms with Crippen molar-refractivity contribution < 1.29 is 0 Å². The zero-order chi connectivity index (χ0) is 96.0. The predicted octanol–water partition coefficient (Wildman–Crippen LogP) is 34.3. The third-order valence-corrected chi connectivity index (χ3v) is 30.5. The van der Waals surface area contributed by atoms with E-state index in [-0.39, 0.29) is 0 Å². The van der Waals surface area contributed by atoms with Crippen LogP contribution < -0.4 is 0 Å². The number of benzene rings is 21. The number of hydrogen-bond acceptors (Lipinski definition) is 8. The predicted molar refractivity (Wildman–Crippen MR) is 608 cm³/mol. The Morgan fingerprint density at radius 3 is 1.21 bits per heavy atom. The fourth-order valence-corrected chi connectivity index (χ4v) is 24.2. The summed E-state index contributed by atoms with van der Waals surface area (Å²) in [5.74, 6) is 3.33. The van der Waals surface area contributed by atoms with E-state index >= 15 is 0 Å². The molecular weight excluding hydrogens is 1800 g/mol. The van der Waals surface area contributed by atoms with E-state index in [4.69, 9.17) is 34.9 Å². The Kier molecular flexibility index (Phi) is 19.7. The lowest BCUT2D eigenvalue weighted by atomic mass is 9.92. The standard InChI is InChI=1S/C49H31N5.C48H32N4.C36H21N3S/c1-4-15-32(16-5-1)47-50-48(33-17-6-2-7-18-33)52-49(51-47)38-24-14-19-34-31-36(27-28-37(34)38)54-42-26-13-11-23-40(42)46-44(54)30-29-43-45(46)39-22-10-12-25-41(39)53(43)35-20-8-3-9-21-35;1-3-14-32(15-4-1)47-38-20-9-11-21-41(38)49-48(50-47)52-44-27-25-34(30-40(44)46-36-18-8-7-13-31(36)23-28-45(46)52)33-24-26-43-39(29-33)37-19-10-12-22-42(37)51(43)35-16-5-2-6-17-35;1-2-12-22(13-3-1)33-25-16-6-9-19-28(25)37-36(38-33)39-29-20-10-7-17-26(29)31-23-14-4-5-15-24(23)32-27-18-8-11-21-30(27)40-35(32)34(31)39/h1-31H;1-7,9-17,19-30H,8,18H2;1-21H. The second-order valence-corrected chi connectivity index (χ2v) is 38.6. The van der Waals surface area contributed by atoms with E-state index in [9.17, 15) is 0 Å². The Morgan fingerprint density at radius 1 is 0.219 bits per heavy atom. The van der Waals surface area contributed by atoms with Gasteiger partial charge in [-0.05, 0) is 178 Å². The molecule has 1 aliphatic rings. The highest BCUT2D eigenvalue weighted by Gasteiger charge is 2.29. The summed E-state index contributed by atoms with van der Waals surface area (Å²) in [6.45, 7) is 0. The van der Waals surface area contributed by atoms with Crippen LogP contribution in [0.3, 0.4) is 0 Å². The topological polar surface area (TPSA) is 115 Å². The fraction of sp³-hybridized carbons (Fsp3) is 0.0150. The van der Waals surface area contributed by atoms with Crippen LogP contribution in [0, 0.1) is 0 Å². The monoisotopic (exact) mass is 1880 g/mol. The van der Waals surface area contributed by atoms with E-state index < -0.39 is 0 Å². The molecule has 0 amide bonds. The average Bonchev–Trinajstić information content (AvgIpc) is 1.54. The van der Waals surface area contributed by atoms with Crippen LogP contribution >= 0.6 is 11.3 Å². The van der Waals surface area contributed by atoms with E-state index in [1.54, 1.807) is 0 Å². The van der Waals surface area contributed by atoms with Crippen LogP contribution in [0.25, 0.3) is 275 Å². The summed E-state index contributed by atoms with van der Waals surface area (Å²) in [6, 6.07) is 168. The summed E-state index contributed by atoms with van der Waals surface area (Å²) in [6.07, 6.45) is 6.61. The second-order valence-electron chi connectivity index (χ2n) is 37.5. The summed E-state index contributed by atoms with van der Waals surface area (Å²) >= 11 is 1.86. The minimum atomic E-state index is 0.648. The molecule has 9 heterocycles. The summed E-state index contributed by atoms with van der Waals surface area (Å²) in [4.78, 5) is 36.1. The van der Waals surface area contributed by atoms with Crippen LogP contribution in [0.15, 0.2) is 479 Å². The molecule has 0 atom stereocenters. The van der Waals surface area contributed by atoms with E-state index in [1.165, 1.54) is 151 Å². The number of nitrogens with zero attached hydrogens (tertiary/aromatic N) is 12. The van der Waals surface area contributed by atoms with Gasteiger partial charge in [-0.3, -0.25) is 9.13 Å². The van der Waals surface area contributed by atoms with E-state index in [0.29, 0.717) is 29.4 Å². The first-order valence-corrected chi connectivity index (χ1v) is 50.5. The molecule has 1 aliphatic carbocycles. The van der Waals surface area contributed by atoms with Crippen molar-refractivity contribution in [1.29, 1.82) is 0 Å². The maximum absolute atomic E-state index is 5.33. The molecule has 31 rings (SSSR count). The fourth-order valence-electron chi connectivity index (χ4n) is 22.9. The third kappa shape index (κ3) is 13.6. The van der Waals surface area contributed by atoms with Crippen molar-refractivity contribution in [3.63, 3.8) is 0 Å². The molecule has 146 heavy (non-hydrogen) atoms. The number of para-hydroxylation sites is 8. The highest BCUT2D eigenvalue weighted by atomic mass is 32.1. The maximum atomic E-state index is 5.33. The van der Waals surface area contributed by atoms with Crippen molar-refractivity contribution in [3.05, 3.63) is 490 Å². The second kappa shape index (κ2) is 34.4. The largest absolute Gasteiger partial charge is 0.309 e. The van der Waals surface area contributed by atoms with Gasteiger partial charge in [0.1, 0.15) is 0 Å².